The molecule has 0 aliphatic heterocycles. The molecule has 0 fully saturated rings. The average molecular weight is 267 g/mol. The first-order valence-electron chi connectivity index (χ1n) is 5.28. The third-order valence-corrected chi connectivity index (χ3v) is 3.02. The maximum Gasteiger partial charge on any atom is 0.312 e. The maximum atomic E-state index is 10.9. The van der Waals surface area contributed by atoms with Gasteiger partial charge >= 0.3 is 5.69 Å². The molecule has 2 heterocycles. The lowest BCUT2D eigenvalue weighted by molar-refractivity contribution is -0.386. The van der Waals surface area contributed by atoms with Gasteiger partial charge in [0.25, 0.3) is 0 Å². The van der Waals surface area contributed by atoms with Crippen LogP contribution in [0.5, 0.6) is 0 Å². The smallest absolute Gasteiger partial charge is 0.258 e. The van der Waals surface area contributed by atoms with Crippen LogP contribution in [0.2, 0.25) is 5.15 Å². The van der Waals surface area contributed by atoms with Crippen LogP contribution >= 0.6 is 11.6 Å². The number of nitrogens with zero attached hydrogens (tertiary/aromatic N) is 4. The number of aromatic nitrogens is 3. The van der Waals surface area contributed by atoms with Gasteiger partial charge in [0.1, 0.15) is 16.5 Å². The molecule has 2 rings (SSSR count). The predicted octanol–water partition coefficient (Wildman–Crippen LogP) is 2.50. The molecule has 0 N–H and O–H groups in total. The second-order valence-electron chi connectivity index (χ2n) is 3.89. The topological polar surface area (TPSA) is 73.8 Å². The van der Waals surface area contributed by atoms with Crippen LogP contribution in [0.4, 0.5) is 5.69 Å². The first-order chi connectivity index (χ1) is 8.50. The van der Waals surface area contributed by atoms with Gasteiger partial charge in [-0.1, -0.05) is 17.7 Å². The molecule has 0 unspecified atom stereocenters. The Labute approximate surface area is 108 Å². The van der Waals surface area contributed by atoms with E-state index in [4.69, 9.17) is 11.6 Å². The van der Waals surface area contributed by atoms with Gasteiger partial charge in [-0.15, -0.1) is 0 Å². The fourth-order valence-corrected chi connectivity index (χ4v) is 1.98. The van der Waals surface area contributed by atoms with Crippen LogP contribution in [0.1, 0.15) is 17.0 Å². The Morgan fingerprint density at radius 2 is 2.22 bits per heavy atom. The van der Waals surface area contributed by atoms with Gasteiger partial charge in [-0.05, 0) is 19.9 Å². The number of hydrogen-bond donors (Lipinski definition) is 0. The molecule has 0 radical (unpaired) electrons. The summed E-state index contributed by atoms with van der Waals surface area (Å²) in [6.45, 7) is 3.65. The van der Waals surface area contributed by atoms with E-state index in [1.54, 1.807) is 30.8 Å². The van der Waals surface area contributed by atoms with Crippen molar-refractivity contribution in [2.24, 2.45) is 0 Å². The standard InChI is InChI=1S/C11H11ClN4O2/c1-7-10(16(17)18)8(2)15(14-7)6-9-4-3-5-13-11(9)12/h3-5H,6H2,1-2H3. The van der Waals surface area contributed by atoms with Crippen LogP contribution in [-0.2, 0) is 6.54 Å². The molecule has 0 saturated carbocycles. The van der Waals surface area contributed by atoms with Crippen molar-refractivity contribution in [3.05, 3.63) is 50.5 Å². The number of hydrogen-bond acceptors (Lipinski definition) is 4. The molecular weight excluding hydrogens is 256 g/mol. The van der Waals surface area contributed by atoms with E-state index < -0.39 is 4.92 Å². The molecule has 6 nitrogen and oxygen atoms in total. The molecule has 0 bridgehead atoms. The zero-order valence-corrected chi connectivity index (χ0v) is 10.7. The Morgan fingerprint density at radius 1 is 1.50 bits per heavy atom. The van der Waals surface area contributed by atoms with Gasteiger partial charge < -0.3 is 0 Å². The Morgan fingerprint density at radius 3 is 2.78 bits per heavy atom. The second kappa shape index (κ2) is 4.73. The number of halogens is 1. The predicted molar refractivity (Wildman–Crippen MR) is 66.7 cm³/mol. The fourth-order valence-electron chi connectivity index (χ4n) is 1.80. The van der Waals surface area contributed by atoms with Crippen molar-refractivity contribution in [2.75, 3.05) is 0 Å². The van der Waals surface area contributed by atoms with E-state index in [0.29, 0.717) is 23.1 Å². The third kappa shape index (κ3) is 2.19. The van der Waals surface area contributed by atoms with Crippen molar-refractivity contribution in [3.8, 4) is 0 Å². The zero-order valence-electron chi connectivity index (χ0n) is 9.92. The lowest BCUT2D eigenvalue weighted by Gasteiger charge is -2.04. The summed E-state index contributed by atoms with van der Waals surface area (Å²) in [5, 5.41) is 15.4. The van der Waals surface area contributed by atoms with Crippen LogP contribution in [0.3, 0.4) is 0 Å². The highest BCUT2D eigenvalue weighted by molar-refractivity contribution is 6.30. The summed E-state index contributed by atoms with van der Waals surface area (Å²) in [7, 11) is 0. The van der Waals surface area contributed by atoms with Crippen molar-refractivity contribution in [2.45, 2.75) is 20.4 Å². The Bertz CT molecular complexity index is 609. The van der Waals surface area contributed by atoms with Gasteiger partial charge in [0.2, 0.25) is 0 Å². The van der Waals surface area contributed by atoms with Crippen LogP contribution in [0.25, 0.3) is 0 Å². The number of pyridine rings is 1. The highest BCUT2D eigenvalue weighted by Gasteiger charge is 2.21. The Balaban J connectivity index is 2.39. The minimum Gasteiger partial charge on any atom is -0.258 e. The summed E-state index contributed by atoms with van der Waals surface area (Å²) >= 11 is 5.95. The molecule has 0 aliphatic carbocycles. The Kier molecular flexibility index (Phi) is 3.29. The summed E-state index contributed by atoms with van der Waals surface area (Å²) < 4.78 is 1.57. The highest BCUT2D eigenvalue weighted by atomic mass is 35.5. The normalized spacial score (nSPS) is 10.6. The molecule has 0 saturated heterocycles. The highest BCUT2D eigenvalue weighted by Crippen LogP contribution is 2.23. The van der Waals surface area contributed by atoms with Crippen LogP contribution < -0.4 is 0 Å². The number of aryl methyl sites for hydroxylation is 1. The Hall–Kier alpha value is -1.95. The van der Waals surface area contributed by atoms with Crippen LogP contribution in [-0.4, -0.2) is 19.7 Å². The van der Waals surface area contributed by atoms with Gasteiger partial charge in [0, 0.05) is 11.8 Å². The van der Waals surface area contributed by atoms with E-state index >= 15 is 0 Å². The molecule has 0 aliphatic rings. The van der Waals surface area contributed by atoms with Gasteiger partial charge in [0.05, 0.1) is 11.5 Å². The second-order valence-corrected chi connectivity index (χ2v) is 4.25. The minimum absolute atomic E-state index is 0.0509. The summed E-state index contributed by atoms with van der Waals surface area (Å²) in [6, 6.07) is 3.58. The van der Waals surface area contributed by atoms with Crippen LogP contribution in [0, 0.1) is 24.0 Å². The third-order valence-electron chi connectivity index (χ3n) is 2.68. The SMILES string of the molecule is Cc1nn(Cc2cccnc2Cl)c(C)c1[N+](=O)[O-]. The van der Waals surface area contributed by atoms with Gasteiger partial charge in [0.15, 0.2) is 0 Å². The van der Waals surface area contributed by atoms with E-state index in [2.05, 4.69) is 10.1 Å². The van der Waals surface area contributed by atoms with E-state index in [-0.39, 0.29) is 5.69 Å². The van der Waals surface area contributed by atoms with E-state index in [0.717, 1.165) is 5.56 Å². The molecule has 2 aromatic heterocycles. The van der Waals surface area contributed by atoms with Crippen LogP contribution in [0.15, 0.2) is 18.3 Å². The number of nitro groups is 1. The molecule has 0 aromatic carbocycles. The fraction of sp³-hybridized carbons (Fsp3) is 0.273. The van der Waals surface area contributed by atoms with E-state index in [9.17, 15) is 10.1 Å². The monoisotopic (exact) mass is 266 g/mol. The van der Waals surface area contributed by atoms with Crippen molar-refractivity contribution in [1.29, 1.82) is 0 Å². The quantitative estimate of drug-likeness (QED) is 0.486. The lowest BCUT2D eigenvalue weighted by atomic mass is 10.3. The summed E-state index contributed by atoms with van der Waals surface area (Å²) in [4.78, 5) is 14.4. The summed E-state index contributed by atoms with van der Waals surface area (Å²) in [5.41, 5.74) is 1.74. The van der Waals surface area contributed by atoms with Crippen molar-refractivity contribution < 1.29 is 4.92 Å². The number of rotatable bonds is 3. The van der Waals surface area contributed by atoms with Gasteiger partial charge in [-0.3, -0.25) is 14.8 Å². The molecule has 94 valence electrons. The molecule has 7 heteroatoms. The molecule has 2 aromatic rings. The van der Waals surface area contributed by atoms with E-state index in [1.165, 1.54) is 0 Å². The first kappa shape index (κ1) is 12.5. The maximum absolute atomic E-state index is 10.9. The lowest BCUT2D eigenvalue weighted by Crippen LogP contribution is -2.05. The minimum atomic E-state index is -0.418. The van der Waals surface area contributed by atoms with Crippen molar-refractivity contribution >= 4 is 17.3 Å². The van der Waals surface area contributed by atoms with Gasteiger partial charge in [-0.25, -0.2) is 4.98 Å². The van der Waals surface area contributed by atoms with Gasteiger partial charge in [-0.2, -0.15) is 5.10 Å². The molecule has 18 heavy (non-hydrogen) atoms. The summed E-state index contributed by atoms with van der Waals surface area (Å²) in [5.74, 6) is 0. The molecule has 0 atom stereocenters. The van der Waals surface area contributed by atoms with E-state index in [1.807, 2.05) is 6.07 Å². The van der Waals surface area contributed by atoms with Crippen molar-refractivity contribution in [1.82, 2.24) is 14.8 Å². The first-order valence-corrected chi connectivity index (χ1v) is 5.66. The molecular formula is C11H11ClN4O2. The zero-order chi connectivity index (χ0) is 13.3. The molecule has 0 spiro atoms. The molecule has 0 amide bonds. The van der Waals surface area contributed by atoms with Crippen molar-refractivity contribution in [3.63, 3.8) is 0 Å². The average Bonchev–Trinajstić information content (AvgIpc) is 2.57. The largest absolute Gasteiger partial charge is 0.312 e. The summed E-state index contributed by atoms with van der Waals surface area (Å²) in [6.07, 6.45) is 1.59.